The second-order valence-corrected chi connectivity index (χ2v) is 9.40. The summed E-state index contributed by atoms with van der Waals surface area (Å²) in [6.45, 7) is 3.00. The number of rotatable bonds is 8. The summed E-state index contributed by atoms with van der Waals surface area (Å²) in [5.41, 5.74) is 0.784. The Morgan fingerprint density at radius 1 is 0.947 bits per heavy atom. The van der Waals surface area contributed by atoms with E-state index in [1.807, 2.05) is 42.5 Å². The molecule has 0 bridgehead atoms. The number of esters is 1. The van der Waals surface area contributed by atoms with Gasteiger partial charge in [0.05, 0.1) is 19.3 Å². The summed E-state index contributed by atoms with van der Waals surface area (Å²) < 4.78 is 52.5. The van der Waals surface area contributed by atoms with Gasteiger partial charge >= 0.3 is 12.1 Å². The summed E-state index contributed by atoms with van der Waals surface area (Å²) in [6, 6.07) is 20.6. The smallest absolute Gasteiger partial charge is 0.419 e. The van der Waals surface area contributed by atoms with Crippen LogP contribution in [0.4, 0.5) is 13.2 Å². The number of alkyl halides is 3. The van der Waals surface area contributed by atoms with Crippen molar-refractivity contribution in [3.8, 4) is 28.1 Å². The van der Waals surface area contributed by atoms with E-state index in [1.54, 1.807) is 26.0 Å². The van der Waals surface area contributed by atoms with Gasteiger partial charge in [-0.25, -0.2) is 9.78 Å². The third kappa shape index (κ3) is 5.73. The van der Waals surface area contributed by atoms with E-state index in [0.717, 1.165) is 24.3 Å². The highest BCUT2D eigenvalue weighted by molar-refractivity contribution is 5.94. The van der Waals surface area contributed by atoms with Gasteiger partial charge in [0.1, 0.15) is 23.9 Å². The number of carbonyl (C=O) groups excluding carboxylic acids is 1. The molecule has 0 saturated carbocycles. The maximum Gasteiger partial charge on any atom is 0.419 e. The van der Waals surface area contributed by atoms with E-state index in [2.05, 4.69) is 9.97 Å². The molecule has 0 aliphatic rings. The maximum atomic E-state index is 14.1. The number of halogens is 3. The highest BCUT2D eigenvalue weighted by atomic mass is 19.4. The van der Waals surface area contributed by atoms with Crippen LogP contribution in [0.5, 0.6) is 5.75 Å². The molecule has 0 fully saturated rings. The number of ether oxygens (including phenoxy) is 2. The van der Waals surface area contributed by atoms with Gasteiger partial charge in [0, 0.05) is 11.0 Å². The first-order valence-electron chi connectivity index (χ1n) is 11.8. The lowest BCUT2D eigenvalue weighted by molar-refractivity contribution is -0.139. The van der Waals surface area contributed by atoms with E-state index in [1.165, 1.54) is 12.1 Å². The third-order valence-corrected chi connectivity index (χ3v) is 6.14. The molecule has 0 aliphatic heterocycles. The molecule has 0 unspecified atom stereocenters. The van der Waals surface area contributed by atoms with Crippen molar-refractivity contribution in [3.05, 3.63) is 95.4 Å². The summed E-state index contributed by atoms with van der Waals surface area (Å²) in [4.78, 5) is 19.5. The fourth-order valence-corrected chi connectivity index (χ4v) is 3.84. The van der Waals surface area contributed by atoms with Crippen molar-refractivity contribution in [1.82, 2.24) is 9.97 Å². The van der Waals surface area contributed by atoms with Crippen LogP contribution in [0.2, 0.25) is 0 Å². The van der Waals surface area contributed by atoms with Crippen LogP contribution in [-0.4, -0.2) is 34.8 Å². The van der Waals surface area contributed by atoms with E-state index in [0.29, 0.717) is 5.56 Å². The Balaban J connectivity index is 1.64. The molecule has 0 aliphatic carbocycles. The average Bonchev–Trinajstić information content (AvgIpc) is 3.38. The molecule has 0 spiro atoms. The molecule has 0 radical (unpaired) electrons. The lowest BCUT2D eigenvalue weighted by Gasteiger charge is -2.18. The molecule has 9 heteroatoms. The minimum absolute atomic E-state index is 0.0121. The van der Waals surface area contributed by atoms with Crippen LogP contribution in [0.15, 0.2) is 72.8 Å². The van der Waals surface area contributed by atoms with Crippen molar-refractivity contribution >= 4 is 5.97 Å². The molecule has 0 saturated heterocycles. The van der Waals surface area contributed by atoms with Gasteiger partial charge in [-0.1, -0.05) is 68.4 Å². The van der Waals surface area contributed by atoms with Crippen molar-refractivity contribution in [2.75, 3.05) is 13.7 Å². The van der Waals surface area contributed by atoms with Crippen LogP contribution in [0.1, 0.15) is 41.3 Å². The third-order valence-electron chi connectivity index (χ3n) is 6.14. The number of hydrogen-bond donors (Lipinski definition) is 2. The van der Waals surface area contributed by atoms with E-state index < -0.39 is 23.1 Å². The molecule has 4 aromatic rings. The van der Waals surface area contributed by atoms with Gasteiger partial charge in [-0.2, -0.15) is 13.2 Å². The predicted octanol–water partition coefficient (Wildman–Crippen LogP) is 6.40. The Labute approximate surface area is 218 Å². The number of imidazole rings is 1. The van der Waals surface area contributed by atoms with Crippen molar-refractivity contribution in [2.45, 2.75) is 32.0 Å². The fraction of sp³-hybridized carbons (Fsp3) is 0.241. The lowest BCUT2D eigenvalue weighted by atomic mass is 9.94. The number of aliphatic hydroxyl groups excluding tert-OH is 1. The van der Waals surface area contributed by atoms with E-state index in [9.17, 15) is 23.1 Å². The number of benzene rings is 3. The number of hydrogen-bond acceptors (Lipinski definition) is 5. The number of aliphatic hydroxyl groups is 1. The van der Waals surface area contributed by atoms with Crippen LogP contribution in [0.25, 0.3) is 22.4 Å². The first-order valence-corrected chi connectivity index (χ1v) is 11.8. The molecule has 198 valence electrons. The van der Waals surface area contributed by atoms with Gasteiger partial charge in [0.15, 0.2) is 5.69 Å². The van der Waals surface area contributed by atoms with Crippen molar-refractivity contribution in [3.63, 3.8) is 0 Å². The number of H-pyrrole nitrogens is 1. The normalized spacial score (nSPS) is 11.9. The summed E-state index contributed by atoms with van der Waals surface area (Å²) in [5.74, 6) is -0.900. The van der Waals surface area contributed by atoms with Crippen LogP contribution < -0.4 is 4.74 Å². The topological polar surface area (TPSA) is 84.4 Å². The second kappa shape index (κ2) is 10.7. The molecule has 38 heavy (non-hydrogen) atoms. The van der Waals surface area contributed by atoms with Gasteiger partial charge < -0.3 is 19.6 Å². The monoisotopic (exact) mass is 524 g/mol. The summed E-state index contributed by atoms with van der Waals surface area (Å²) in [7, 11) is 1.16. The highest BCUT2D eigenvalue weighted by Crippen LogP contribution is 2.40. The largest absolute Gasteiger partial charge is 0.488 e. The van der Waals surface area contributed by atoms with E-state index in [-0.39, 0.29) is 41.7 Å². The molecule has 1 aromatic heterocycles. The Bertz CT molecular complexity index is 1410. The molecular formula is C29H27F3N2O4. The van der Waals surface area contributed by atoms with Crippen LogP contribution in [-0.2, 0) is 22.9 Å². The highest BCUT2D eigenvalue weighted by Gasteiger charge is 2.36. The van der Waals surface area contributed by atoms with E-state index >= 15 is 0 Å². The molecule has 1 heterocycles. The summed E-state index contributed by atoms with van der Waals surface area (Å²) >= 11 is 0. The van der Waals surface area contributed by atoms with Gasteiger partial charge in [-0.3, -0.25) is 0 Å². The zero-order valence-corrected chi connectivity index (χ0v) is 21.1. The van der Waals surface area contributed by atoms with Crippen LogP contribution in [0, 0.1) is 0 Å². The molecular weight excluding hydrogens is 497 g/mol. The van der Waals surface area contributed by atoms with Crippen molar-refractivity contribution in [1.29, 1.82) is 0 Å². The number of methoxy groups -OCH3 is 1. The van der Waals surface area contributed by atoms with Crippen molar-refractivity contribution in [2.24, 2.45) is 0 Å². The van der Waals surface area contributed by atoms with Crippen LogP contribution >= 0.6 is 0 Å². The Kier molecular flexibility index (Phi) is 7.59. The fourth-order valence-electron chi connectivity index (χ4n) is 3.84. The Morgan fingerprint density at radius 2 is 1.58 bits per heavy atom. The molecule has 2 N–H and O–H groups in total. The molecule has 0 amide bonds. The van der Waals surface area contributed by atoms with Crippen molar-refractivity contribution < 1.29 is 32.5 Å². The minimum atomic E-state index is -4.72. The molecule has 4 rings (SSSR count). The molecule has 3 aromatic carbocycles. The summed E-state index contributed by atoms with van der Waals surface area (Å²) in [5, 5.41) is 9.69. The number of nitrogens with zero attached hydrogens (tertiary/aromatic N) is 1. The number of aromatic nitrogens is 2. The van der Waals surface area contributed by atoms with Gasteiger partial charge in [0.25, 0.3) is 0 Å². The van der Waals surface area contributed by atoms with Gasteiger partial charge in [0.2, 0.25) is 0 Å². The predicted molar refractivity (Wildman–Crippen MR) is 137 cm³/mol. The molecule has 6 nitrogen and oxygen atoms in total. The lowest BCUT2D eigenvalue weighted by Crippen LogP contribution is -2.24. The standard InChI is InChI=1S/C29H27F3N2O4/c1-28(2,17-35)27-33-24(25(34-27)26(36)37-3)21-13-14-23(22(15-21)29(30,31)32)38-16-18-9-11-20(12-10-18)19-7-5-4-6-8-19/h4-15,35H,16-17H2,1-3H3,(H,33,34). The molecule has 0 atom stereocenters. The number of nitrogens with one attached hydrogen (secondary N) is 1. The van der Waals surface area contributed by atoms with Gasteiger partial charge in [-0.15, -0.1) is 0 Å². The number of aromatic amines is 1. The number of carbonyl (C=O) groups is 1. The van der Waals surface area contributed by atoms with E-state index in [4.69, 9.17) is 9.47 Å². The quantitative estimate of drug-likeness (QED) is 0.261. The maximum absolute atomic E-state index is 14.1. The Morgan fingerprint density at radius 3 is 2.18 bits per heavy atom. The zero-order chi connectivity index (χ0) is 27.5. The average molecular weight is 525 g/mol. The SMILES string of the molecule is COC(=O)c1[nH]c(C(C)(C)CO)nc1-c1ccc(OCc2ccc(-c3ccccc3)cc2)c(C(F)(F)F)c1. The minimum Gasteiger partial charge on any atom is -0.488 e. The first-order chi connectivity index (χ1) is 18.0. The first kappa shape index (κ1) is 26.9. The second-order valence-electron chi connectivity index (χ2n) is 9.40. The Hall–Kier alpha value is -4.11. The zero-order valence-electron chi connectivity index (χ0n) is 21.1. The summed E-state index contributed by atoms with van der Waals surface area (Å²) in [6.07, 6.45) is -4.72. The van der Waals surface area contributed by atoms with Crippen LogP contribution in [0.3, 0.4) is 0 Å². The van der Waals surface area contributed by atoms with Gasteiger partial charge in [-0.05, 0) is 34.9 Å².